The lowest BCUT2D eigenvalue weighted by Crippen LogP contribution is -2.49. The molecular weight excluding hydrogens is 671 g/mol. The van der Waals surface area contributed by atoms with E-state index < -0.39 is 34.9 Å². The molecule has 0 aliphatic carbocycles. The summed E-state index contributed by atoms with van der Waals surface area (Å²) >= 11 is 0. The molecule has 0 bridgehead atoms. The number of ether oxygens (including phenoxy) is 2. The van der Waals surface area contributed by atoms with Crippen LogP contribution >= 0.6 is 0 Å². The van der Waals surface area contributed by atoms with Crippen LogP contribution in [0.15, 0.2) is 42.7 Å². The summed E-state index contributed by atoms with van der Waals surface area (Å²) in [6.45, 7) is 31.9. The van der Waals surface area contributed by atoms with Crippen molar-refractivity contribution in [3.05, 3.63) is 48.2 Å². The minimum absolute atomic E-state index is 0.0110. The van der Waals surface area contributed by atoms with E-state index in [1.54, 1.807) is 11.0 Å². The predicted molar refractivity (Wildman–Crippen MR) is 219 cm³/mol. The first-order valence-corrected chi connectivity index (χ1v) is 24.5. The third-order valence-electron chi connectivity index (χ3n) is 10.8. The number of hydrogen-bond donors (Lipinski definition) is 1. The van der Waals surface area contributed by atoms with Crippen molar-refractivity contribution < 1.29 is 28.2 Å². The minimum Gasteiger partial charge on any atom is -0.418 e. The lowest BCUT2D eigenvalue weighted by molar-refractivity contribution is 0.0109. The molecule has 0 unspecified atom stereocenters. The second kappa shape index (κ2) is 23.7. The van der Waals surface area contributed by atoms with Crippen LogP contribution in [-0.2, 0) is 24.9 Å². The van der Waals surface area contributed by atoms with Gasteiger partial charge < -0.3 is 28.3 Å². The third-order valence-corrected chi connectivity index (χ3v) is 21.5. The summed E-state index contributed by atoms with van der Waals surface area (Å²) in [6, 6.07) is 13.1. The zero-order valence-electron chi connectivity index (χ0n) is 34.8. The Kier molecular flexibility index (Phi) is 21.9. The Hall–Kier alpha value is -1.94. The van der Waals surface area contributed by atoms with Gasteiger partial charge in [0, 0.05) is 36.9 Å². The van der Waals surface area contributed by atoms with Crippen molar-refractivity contribution in [3.63, 3.8) is 0 Å². The van der Waals surface area contributed by atoms with Crippen LogP contribution in [0.1, 0.15) is 115 Å². The van der Waals surface area contributed by atoms with Crippen molar-refractivity contribution >= 4 is 22.7 Å². The van der Waals surface area contributed by atoms with Gasteiger partial charge in [0.2, 0.25) is 0 Å². The number of aliphatic hydroxyl groups is 1. The van der Waals surface area contributed by atoms with Crippen molar-refractivity contribution in [2.45, 2.75) is 175 Å². The molecule has 7 nitrogen and oxygen atoms in total. The van der Waals surface area contributed by atoms with Crippen molar-refractivity contribution in [3.8, 4) is 11.8 Å². The van der Waals surface area contributed by atoms with E-state index in [2.05, 4.69) is 86.3 Å². The molecule has 1 N–H and O–H groups in total. The van der Waals surface area contributed by atoms with E-state index in [9.17, 15) is 9.90 Å². The summed E-state index contributed by atoms with van der Waals surface area (Å²) in [4.78, 5) is 14.6. The quantitative estimate of drug-likeness (QED) is 0.0520. The normalized spacial score (nSPS) is 15.1. The van der Waals surface area contributed by atoms with Gasteiger partial charge in [-0.3, -0.25) is 0 Å². The maximum absolute atomic E-state index is 12.9. The fourth-order valence-corrected chi connectivity index (χ4v) is 16.0. The Labute approximate surface area is 315 Å². The van der Waals surface area contributed by atoms with Crippen LogP contribution in [0.2, 0.25) is 34.8 Å². The first-order chi connectivity index (χ1) is 24.0. The number of amides is 1. The maximum Gasteiger partial charge on any atom is 0.415 e. The van der Waals surface area contributed by atoms with Gasteiger partial charge in [-0.2, -0.15) is 0 Å². The number of benzene rings is 1. The highest BCUT2D eigenvalue weighted by Gasteiger charge is 2.45. The Balaban J connectivity index is 3.46. The summed E-state index contributed by atoms with van der Waals surface area (Å²) in [5.41, 5.74) is 2.50. The molecule has 1 aromatic carbocycles. The monoisotopic (exact) mass is 746 g/mol. The van der Waals surface area contributed by atoms with Gasteiger partial charge in [0.05, 0.1) is 25.6 Å². The van der Waals surface area contributed by atoms with Gasteiger partial charge in [-0.25, -0.2) is 4.79 Å². The van der Waals surface area contributed by atoms with Gasteiger partial charge in [-0.1, -0.05) is 111 Å². The van der Waals surface area contributed by atoms with Crippen LogP contribution in [-0.4, -0.2) is 70.2 Å². The van der Waals surface area contributed by atoms with Crippen molar-refractivity contribution in [1.29, 1.82) is 0 Å². The van der Waals surface area contributed by atoms with Gasteiger partial charge >= 0.3 is 6.09 Å². The molecule has 0 saturated heterocycles. The highest BCUT2D eigenvalue weighted by molar-refractivity contribution is 6.77. The summed E-state index contributed by atoms with van der Waals surface area (Å²) in [7, 11) is -4.25. The second-order valence-electron chi connectivity index (χ2n) is 15.7. The average molecular weight is 746 g/mol. The van der Waals surface area contributed by atoms with Gasteiger partial charge in [0.1, 0.15) is 6.10 Å². The standard InChI is InChI=1S/C42H75NO6Si2/c1-15-50(16-2,17-3)49-40(25-21-22-28-46-31-38-23-19-18-20-24-38)39(27-30-48-51(34(8)9,35(10)11)36(12)13)41(44)37(14)26-29-47-42(45)43(32(4)5)33(6)7/h18-20,23-24,26,29,32-37,39-41,44H,15-17,22,27-28,30-31H2,1-14H3/b29-26-/t37-,39+,40+,41-/m0/s1. The summed E-state index contributed by atoms with van der Waals surface area (Å²) in [6.07, 6.45) is 2.75. The number of hydrogen-bond acceptors (Lipinski definition) is 6. The fraction of sp³-hybridized carbons (Fsp3) is 0.738. The van der Waals surface area contributed by atoms with E-state index in [0.717, 1.165) is 23.7 Å². The Morgan fingerprint density at radius 2 is 1.39 bits per heavy atom. The molecule has 0 saturated carbocycles. The predicted octanol–water partition coefficient (Wildman–Crippen LogP) is 11.0. The number of carbonyl (C=O) groups excluding carboxylic acids is 1. The average Bonchev–Trinajstić information content (AvgIpc) is 3.07. The lowest BCUT2D eigenvalue weighted by Gasteiger charge is -2.43. The second-order valence-corrected chi connectivity index (χ2v) is 25.8. The molecule has 0 spiro atoms. The molecule has 1 aromatic rings. The molecule has 0 radical (unpaired) electrons. The molecule has 0 aromatic heterocycles. The highest BCUT2D eigenvalue weighted by atomic mass is 28.4. The smallest absolute Gasteiger partial charge is 0.415 e. The van der Waals surface area contributed by atoms with Crippen molar-refractivity contribution in [2.24, 2.45) is 11.8 Å². The fourth-order valence-electron chi connectivity index (χ4n) is 7.73. The molecule has 0 aliphatic rings. The number of carbonyl (C=O) groups is 1. The molecule has 4 atom stereocenters. The molecule has 0 heterocycles. The van der Waals surface area contributed by atoms with Gasteiger partial charge in [0.25, 0.3) is 0 Å². The van der Waals surface area contributed by atoms with Gasteiger partial charge in [0.15, 0.2) is 16.6 Å². The van der Waals surface area contributed by atoms with E-state index in [0.29, 0.717) is 49.3 Å². The lowest BCUT2D eigenvalue weighted by atomic mass is 9.85. The SMILES string of the molecule is CC[Si](CC)(CC)O[C@H](C#CCCOCc1ccccc1)[C@@H](CCO[Si](C(C)C)(C(C)C)C(C)C)[C@@H](O)[C@@H](C)/C=C\OC(=O)N(C(C)C)C(C)C. The first-order valence-electron chi connectivity index (χ1n) is 19.8. The van der Waals surface area contributed by atoms with E-state index >= 15 is 0 Å². The van der Waals surface area contributed by atoms with E-state index in [4.69, 9.17) is 18.3 Å². The number of nitrogens with zero attached hydrogens (tertiary/aromatic N) is 1. The number of rotatable bonds is 23. The Bertz CT molecular complexity index is 1150. The zero-order valence-corrected chi connectivity index (χ0v) is 36.8. The maximum atomic E-state index is 12.9. The van der Waals surface area contributed by atoms with Gasteiger partial charge in [-0.05, 0) is 80.5 Å². The molecule has 1 amide bonds. The summed E-state index contributed by atoms with van der Waals surface area (Å²) in [5, 5.41) is 12.1. The molecule has 0 fully saturated rings. The highest BCUT2D eigenvalue weighted by Crippen LogP contribution is 2.42. The molecule has 51 heavy (non-hydrogen) atoms. The van der Waals surface area contributed by atoms with Crippen LogP contribution in [0, 0.1) is 23.7 Å². The number of aliphatic hydroxyl groups excluding tert-OH is 1. The molecule has 292 valence electrons. The van der Waals surface area contributed by atoms with Crippen LogP contribution in [0.25, 0.3) is 0 Å². The van der Waals surface area contributed by atoms with Crippen molar-refractivity contribution in [2.75, 3.05) is 13.2 Å². The summed E-state index contributed by atoms with van der Waals surface area (Å²) < 4.78 is 25.7. The zero-order chi connectivity index (χ0) is 38.8. The molecule has 1 rings (SSSR count). The molecule has 9 heteroatoms. The van der Waals surface area contributed by atoms with Crippen molar-refractivity contribution in [1.82, 2.24) is 4.90 Å². The summed E-state index contributed by atoms with van der Waals surface area (Å²) in [5.74, 6) is 6.26. The van der Waals surface area contributed by atoms with Crippen LogP contribution in [0.3, 0.4) is 0 Å². The van der Waals surface area contributed by atoms with E-state index in [-0.39, 0.29) is 23.9 Å². The minimum atomic E-state index is -2.13. The first kappa shape index (κ1) is 47.1. The van der Waals surface area contributed by atoms with Gasteiger partial charge in [-0.15, -0.1) is 0 Å². The van der Waals surface area contributed by atoms with Crippen LogP contribution < -0.4 is 0 Å². The van der Waals surface area contributed by atoms with E-state index in [1.165, 1.54) is 6.26 Å². The van der Waals surface area contributed by atoms with E-state index in [1.807, 2.05) is 52.8 Å². The topological polar surface area (TPSA) is 77.5 Å². The largest absolute Gasteiger partial charge is 0.418 e. The Morgan fingerprint density at radius 1 is 0.843 bits per heavy atom. The third kappa shape index (κ3) is 14.4. The molecular formula is C42H75NO6Si2. The Morgan fingerprint density at radius 3 is 1.88 bits per heavy atom. The molecule has 0 aliphatic heterocycles. The van der Waals surface area contributed by atoms with Crippen LogP contribution in [0.5, 0.6) is 0 Å². The van der Waals surface area contributed by atoms with Crippen LogP contribution in [0.4, 0.5) is 4.79 Å².